The molecular weight excluding hydrogens is 190 g/mol. The van der Waals surface area contributed by atoms with Crippen LogP contribution in [-0.2, 0) is 4.79 Å². The van der Waals surface area contributed by atoms with Gasteiger partial charge in [0.15, 0.2) is 0 Å². The van der Waals surface area contributed by atoms with Crippen molar-refractivity contribution in [2.45, 2.75) is 39.2 Å². The summed E-state index contributed by atoms with van der Waals surface area (Å²) in [6.07, 6.45) is -2.13. The summed E-state index contributed by atoms with van der Waals surface area (Å²) in [4.78, 5) is 11.2. The highest BCUT2D eigenvalue weighted by Gasteiger charge is 2.12. The Morgan fingerprint density at radius 1 is 1.36 bits per heavy atom. The van der Waals surface area contributed by atoms with E-state index in [0.29, 0.717) is 0 Å². The number of amides is 1. The molecule has 0 heterocycles. The van der Waals surface area contributed by atoms with Crippen LogP contribution in [0.2, 0.25) is 0 Å². The lowest BCUT2D eigenvalue weighted by Gasteiger charge is -2.20. The van der Waals surface area contributed by atoms with Crippen molar-refractivity contribution in [3.8, 4) is 0 Å². The molecule has 84 valence electrons. The summed E-state index contributed by atoms with van der Waals surface area (Å²) < 4.78 is 23.3. The number of hydrogen-bond donors (Lipinski definition) is 2. The van der Waals surface area contributed by atoms with Gasteiger partial charge in [-0.3, -0.25) is 4.79 Å². The van der Waals surface area contributed by atoms with Crippen LogP contribution < -0.4 is 10.6 Å². The molecule has 0 fully saturated rings. The average molecular weight is 208 g/mol. The number of carbonyl (C=O) groups is 1. The van der Waals surface area contributed by atoms with Gasteiger partial charge in [0.2, 0.25) is 5.91 Å². The van der Waals surface area contributed by atoms with Crippen molar-refractivity contribution in [2.75, 3.05) is 13.1 Å². The minimum Gasteiger partial charge on any atom is -0.351 e. The van der Waals surface area contributed by atoms with E-state index in [9.17, 15) is 13.6 Å². The molecule has 1 amide bonds. The Hall–Kier alpha value is -0.710. The van der Waals surface area contributed by atoms with Crippen LogP contribution in [0.25, 0.3) is 0 Å². The highest BCUT2D eigenvalue weighted by Crippen LogP contribution is 1.98. The van der Waals surface area contributed by atoms with E-state index in [1.54, 1.807) is 0 Å². The Bertz CT molecular complexity index is 178. The van der Waals surface area contributed by atoms with Gasteiger partial charge in [0.05, 0.1) is 6.54 Å². The van der Waals surface area contributed by atoms with Crippen molar-refractivity contribution in [3.05, 3.63) is 0 Å². The maximum absolute atomic E-state index is 11.7. The molecule has 0 aliphatic rings. The molecule has 3 nitrogen and oxygen atoms in total. The Morgan fingerprint density at radius 2 is 1.93 bits per heavy atom. The maximum Gasteiger partial charge on any atom is 0.250 e. The molecule has 14 heavy (non-hydrogen) atoms. The normalized spacial score (nSPS) is 11.9. The third-order valence-electron chi connectivity index (χ3n) is 1.34. The number of hydrogen-bond acceptors (Lipinski definition) is 2. The molecule has 0 spiro atoms. The zero-order valence-corrected chi connectivity index (χ0v) is 8.86. The molecule has 0 saturated heterocycles. The second-order valence-corrected chi connectivity index (χ2v) is 4.14. The van der Waals surface area contributed by atoms with Crippen LogP contribution in [-0.4, -0.2) is 31.0 Å². The van der Waals surface area contributed by atoms with Crippen molar-refractivity contribution in [3.63, 3.8) is 0 Å². The Balaban J connectivity index is 3.46. The lowest BCUT2D eigenvalue weighted by Crippen LogP contribution is -2.41. The smallest absolute Gasteiger partial charge is 0.250 e. The van der Waals surface area contributed by atoms with Gasteiger partial charge >= 0.3 is 0 Å². The van der Waals surface area contributed by atoms with E-state index in [2.05, 4.69) is 10.6 Å². The lowest BCUT2D eigenvalue weighted by molar-refractivity contribution is -0.122. The van der Waals surface area contributed by atoms with Crippen LogP contribution in [0.15, 0.2) is 0 Å². The van der Waals surface area contributed by atoms with Crippen LogP contribution in [0, 0.1) is 0 Å². The fraction of sp³-hybridized carbons (Fsp3) is 0.889. The van der Waals surface area contributed by atoms with Crippen molar-refractivity contribution >= 4 is 5.91 Å². The first-order chi connectivity index (χ1) is 6.31. The van der Waals surface area contributed by atoms with Crippen molar-refractivity contribution in [1.29, 1.82) is 0 Å². The Kier molecular flexibility index (Phi) is 5.60. The summed E-state index contributed by atoms with van der Waals surface area (Å²) >= 11 is 0. The van der Waals surface area contributed by atoms with Gasteiger partial charge in [-0.05, 0) is 20.8 Å². The van der Waals surface area contributed by atoms with Crippen molar-refractivity contribution in [2.24, 2.45) is 0 Å². The van der Waals surface area contributed by atoms with Crippen LogP contribution >= 0.6 is 0 Å². The highest BCUT2D eigenvalue weighted by atomic mass is 19.3. The topological polar surface area (TPSA) is 41.1 Å². The Labute approximate surface area is 83.3 Å². The summed E-state index contributed by atoms with van der Waals surface area (Å²) in [5, 5.41) is 5.23. The molecular formula is C9H18F2N2O. The van der Waals surface area contributed by atoms with Gasteiger partial charge in [0.25, 0.3) is 6.43 Å². The minimum atomic E-state index is -2.36. The van der Waals surface area contributed by atoms with Gasteiger partial charge in [-0.1, -0.05) is 0 Å². The van der Waals surface area contributed by atoms with E-state index in [1.165, 1.54) is 0 Å². The molecule has 2 N–H and O–H groups in total. The van der Waals surface area contributed by atoms with E-state index in [0.717, 1.165) is 0 Å². The van der Waals surface area contributed by atoms with Gasteiger partial charge < -0.3 is 10.6 Å². The monoisotopic (exact) mass is 208 g/mol. The summed E-state index contributed by atoms with van der Waals surface area (Å²) in [6.45, 7) is 5.54. The molecule has 0 radical (unpaired) electrons. The van der Waals surface area contributed by atoms with Crippen LogP contribution in [0.4, 0.5) is 8.78 Å². The molecule has 0 saturated carbocycles. The molecule has 0 aromatic carbocycles. The number of carbonyl (C=O) groups excluding carboxylic acids is 1. The van der Waals surface area contributed by atoms with Crippen molar-refractivity contribution in [1.82, 2.24) is 10.6 Å². The summed E-state index contributed by atoms with van der Waals surface area (Å²) in [5.41, 5.74) is -0.264. The zero-order chi connectivity index (χ0) is 11.2. The largest absolute Gasteiger partial charge is 0.351 e. The van der Waals surface area contributed by atoms with E-state index in [4.69, 9.17) is 0 Å². The molecule has 0 rings (SSSR count). The van der Waals surface area contributed by atoms with Crippen LogP contribution in [0.5, 0.6) is 0 Å². The van der Waals surface area contributed by atoms with E-state index >= 15 is 0 Å². The third kappa shape index (κ3) is 9.38. The third-order valence-corrected chi connectivity index (χ3v) is 1.34. The SMILES string of the molecule is CC(C)(C)NC(=O)CCNCC(F)F. The molecule has 0 aliphatic carbocycles. The predicted octanol–water partition coefficient (Wildman–Crippen LogP) is 1.15. The second kappa shape index (κ2) is 5.90. The molecule has 5 heteroatoms. The molecule has 0 aromatic heterocycles. The maximum atomic E-state index is 11.7. The zero-order valence-electron chi connectivity index (χ0n) is 8.86. The number of nitrogens with one attached hydrogen (secondary N) is 2. The quantitative estimate of drug-likeness (QED) is 0.665. The van der Waals surface area contributed by atoms with E-state index in [-0.39, 0.29) is 31.0 Å². The molecule has 0 aromatic rings. The van der Waals surface area contributed by atoms with Crippen LogP contribution in [0.1, 0.15) is 27.2 Å². The highest BCUT2D eigenvalue weighted by molar-refractivity contribution is 5.76. The van der Waals surface area contributed by atoms with Gasteiger partial charge in [-0.25, -0.2) is 8.78 Å². The first-order valence-corrected chi connectivity index (χ1v) is 4.61. The average Bonchev–Trinajstić information content (AvgIpc) is 1.94. The minimum absolute atomic E-state index is 0.126. The number of rotatable bonds is 5. The molecule has 0 bridgehead atoms. The van der Waals surface area contributed by atoms with Gasteiger partial charge in [0, 0.05) is 18.5 Å². The first-order valence-electron chi connectivity index (χ1n) is 4.61. The van der Waals surface area contributed by atoms with Gasteiger partial charge in [-0.15, -0.1) is 0 Å². The van der Waals surface area contributed by atoms with E-state index < -0.39 is 6.43 Å². The van der Waals surface area contributed by atoms with Crippen molar-refractivity contribution < 1.29 is 13.6 Å². The number of halogens is 2. The number of alkyl halides is 2. The fourth-order valence-electron chi connectivity index (χ4n) is 0.894. The molecule has 0 unspecified atom stereocenters. The standard InChI is InChI=1S/C9H18F2N2O/c1-9(2,3)13-8(14)4-5-12-6-7(10)11/h7,12H,4-6H2,1-3H3,(H,13,14). The Morgan fingerprint density at radius 3 is 2.36 bits per heavy atom. The fourth-order valence-corrected chi connectivity index (χ4v) is 0.894. The summed E-state index contributed by atoms with van der Waals surface area (Å²) in [7, 11) is 0. The molecule has 0 atom stereocenters. The van der Waals surface area contributed by atoms with Gasteiger partial charge in [-0.2, -0.15) is 0 Å². The van der Waals surface area contributed by atoms with E-state index in [1.807, 2.05) is 20.8 Å². The molecule has 0 aliphatic heterocycles. The summed E-state index contributed by atoms with van der Waals surface area (Å²) in [5.74, 6) is -0.126. The van der Waals surface area contributed by atoms with Gasteiger partial charge in [0.1, 0.15) is 0 Å². The summed E-state index contributed by atoms with van der Waals surface area (Å²) in [6, 6.07) is 0. The lowest BCUT2D eigenvalue weighted by atomic mass is 10.1. The first kappa shape index (κ1) is 13.3. The predicted molar refractivity (Wildman–Crippen MR) is 51.4 cm³/mol. The van der Waals surface area contributed by atoms with Crippen LogP contribution in [0.3, 0.4) is 0 Å². The second-order valence-electron chi connectivity index (χ2n) is 4.14.